The summed E-state index contributed by atoms with van der Waals surface area (Å²) in [6, 6.07) is 5.98. The Morgan fingerprint density at radius 2 is 2.12 bits per heavy atom. The van der Waals surface area contributed by atoms with E-state index in [-0.39, 0.29) is 5.91 Å². The third-order valence-electron chi connectivity index (χ3n) is 2.30. The molecule has 1 rings (SSSR count). The van der Waals surface area contributed by atoms with Gasteiger partial charge in [0.1, 0.15) is 0 Å². The molecule has 17 heavy (non-hydrogen) atoms. The Kier molecular flexibility index (Phi) is 5.45. The van der Waals surface area contributed by atoms with Crippen LogP contribution in [0.25, 0.3) is 0 Å². The van der Waals surface area contributed by atoms with Crippen LogP contribution in [-0.2, 0) is 4.79 Å². The molecule has 1 aromatic carbocycles. The number of aryl methyl sites for hydroxylation is 1. The number of carbonyl (C=O) groups excluding carboxylic acids is 1. The fraction of sp³-hybridized carbons (Fsp3) is 0.462. The molecule has 0 saturated heterocycles. The van der Waals surface area contributed by atoms with Gasteiger partial charge in [-0.05, 0) is 24.6 Å². The van der Waals surface area contributed by atoms with Crippen molar-refractivity contribution in [2.75, 3.05) is 11.9 Å². The lowest BCUT2D eigenvalue weighted by Gasteiger charge is -2.09. The van der Waals surface area contributed by atoms with Crippen LogP contribution in [0.5, 0.6) is 0 Å². The van der Waals surface area contributed by atoms with Gasteiger partial charge >= 0.3 is 0 Å². The number of benzene rings is 1. The molecular weight excluding hydrogens is 236 g/mol. The van der Waals surface area contributed by atoms with E-state index in [4.69, 9.17) is 11.6 Å². The SMILES string of the molecule is Cc1ccc(NC(=O)CCNC(C)C)c(Cl)c1. The van der Waals surface area contributed by atoms with Crippen LogP contribution in [0.3, 0.4) is 0 Å². The zero-order valence-electron chi connectivity index (χ0n) is 10.5. The van der Waals surface area contributed by atoms with E-state index in [9.17, 15) is 4.79 Å². The van der Waals surface area contributed by atoms with Crippen molar-refractivity contribution in [3.63, 3.8) is 0 Å². The minimum absolute atomic E-state index is 0.0242. The second-order valence-corrected chi connectivity index (χ2v) is 4.80. The summed E-state index contributed by atoms with van der Waals surface area (Å²) in [5, 5.41) is 6.57. The molecule has 0 saturated carbocycles. The summed E-state index contributed by atoms with van der Waals surface area (Å²) in [5.74, 6) is -0.0242. The van der Waals surface area contributed by atoms with Crippen molar-refractivity contribution in [3.8, 4) is 0 Å². The number of nitrogens with one attached hydrogen (secondary N) is 2. The molecule has 0 atom stereocenters. The maximum absolute atomic E-state index is 11.6. The average molecular weight is 255 g/mol. The van der Waals surface area contributed by atoms with Crippen molar-refractivity contribution in [1.29, 1.82) is 0 Å². The monoisotopic (exact) mass is 254 g/mol. The Labute approximate surface area is 108 Å². The number of anilines is 1. The minimum Gasteiger partial charge on any atom is -0.325 e. The molecule has 4 heteroatoms. The van der Waals surface area contributed by atoms with Crippen LogP contribution < -0.4 is 10.6 Å². The smallest absolute Gasteiger partial charge is 0.225 e. The second kappa shape index (κ2) is 6.62. The molecule has 94 valence electrons. The number of hydrogen-bond acceptors (Lipinski definition) is 2. The van der Waals surface area contributed by atoms with Gasteiger partial charge in [0, 0.05) is 19.0 Å². The van der Waals surface area contributed by atoms with Crippen LogP contribution >= 0.6 is 11.6 Å². The first-order valence-corrected chi connectivity index (χ1v) is 6.16. The molecule has 0 heterocycles. The quantitative estimate of drug-likeness (QED) is 0.848. The highest BCUT2D eigenvalue weighted by molar-refractivity contribution is 6.33. The van der Waals surface area contributed by atoms with Crippen LogP contribution in [0, 0.1) is 6.92 Å². The lowest BCUT2D eigenvalue weighted by molar-refractivity contribution is -0.116. The van der Waals surface area contributed by atoms with Crippen molar-refractivity contribution in [2.24, 2.45) is 0 Å². The predicted octanol–water partition coefficient (Wildman–Crippen LogP) is 2.98. The molecule has 0 fully saturated rings. The van der Waals surface area contributed by atoms with E-state index in [1.807, 2.05) is 25.1 Å². The lowest BCUT2D eigenvalue weighted by atomic mass is 10.2. The van der Waals surface area contributed by atoms with E-state index in [0.29, 0.717) is 29.7 Å². The lowest BCUT2D eigenvalue weighted by Crippen LogP contribution is -2.27. The third kappa shape index (κ3) is 5.20. The first kappa shape index (κ1) is 14.0. The van der Waals surface area contributed by atoms with E-state index in [0.717, 1.165) is 5.56 Å². The molecule has 0 aliphatic heterocycles. The maximum Gasteiger partial charge on any atom is 0.225 e. The summed E-state index contributed by atoms with van der Waals surface area (Å²) >= 11 is 6.03. The molecule has 0 aliphatic rings. The van der Waals surface area contributed by atoms with E-state index < -0.39 is 0 Å². The van der Waals surface area contributed by atoms with Crippen LogP contribution in [0.2, 0.25) is 5.02 Å². The van der Waals surface area contributed by atoms with E-state index in [1.54, 1.807) is 0 Å². The largest absolute Gasteiger partial charge is 0.325 e. The van der Waals surface area contributed by atoms with Crippen LogP contribution in [0.15, 0.2) is 18.2 Å². The standard InChI is InChI=1S/C13H19ClN2O/c1-9(2)15-7-6-13(17)16-12-5-4-10(3)8-11(12)14/h4-5,8-9,15H,6-7H2,1-3H3,(H,16,17). The molecule has 1 amide bonds. The van der Waals surface area contributed by atoms with Gasteiger partial charge in [-0.1, -0.05) is 31.5 Å². The molecule has 0 bridgehead atoms. The summed E-state index contributed by atoms with van der Waals surface area (Å²) in [5.41, 5.74) is 1.75. The van der Waals surface area contributed by atoms with E-state index >= 15 is 0 Å². The van der Waals surface area contributed by atoms with Gasteiger partial charge in [0.25, 0.3) is 0 Å². The molecule has 2 N–H and O–H groups in total. The first-order chi connectivity index (χ1) is 7.99. The minimum atomic E-state index is -0.0242. The Balaban J connectivity index is 2.45. The topological polar surface area (TPSA) is 41.1 Å². The molecule has 0 radical (unpaired) electrons. The molecular formula is C13H19ClN2O. The van der Waals surface area contributed by atoms with Gasteiger partial charge in [0.05, 0.1) is 10.7 Å². The summed E-state index contributed by atoms with van der Waals surface area (Å²) in [4.78, 5) is 11.6. The predicted molar refractivity (Wildman–Crippen MR) is 72.6 cm³/mol. The summed E-state index contributed by atoms with van der Waals surface area (Å²) in [7, 11) is 0. The Morgan fingerprint density at radius 3 is 2.71 bits per heavy atom. The number of carbonyl (C=O) groups is 1. The Bertz CT molecular complexity index is 391. The van der Waals surface area contributed by atoms with Gasteiger partial charge < -0.3 is 10.6 Å². The first-order valence-electron chi connectivity index (χ1n) is 5.78. The van der Waals surface area contributed by atoms with Gasteiger partial charge in [0.15, 0.2) is 0 Å². The van der Waals surface area contributed by atoms with Crippen molar-refractivity contribution in [3.05, 3.63) is 28.8 Å². The van der Waals surface area contributed by atoms with Gasteiger partial charge in [-0.2, -0.15) is 0 Å². The number of halogens is 1. The van der Waals surface area contributed by atoms with Crippen molar-refractivity contribution < 1.29 is 4.79 Å². The number of hydrogen-bond donors (Lipinski definition) is 2. The van der Waals surface area contributed by atoms with Gasteiger partial charge in [-0.25, -0.2) is 0 Å². The van der Waals surface area contributed by atoms with Crippen LogP contribution in [-0.4, -0.2) is 18.5 Å². The van der Waals surface area contributed by atoms with Gasteiger partial charge in [0.2, 0.25) is 5.91 Å². The highest BCUT2D eigenvalue weighted by Crippen LogP contribution is 2.22. The van der Waals surface area contributed by atoms with Gasteiger partial charge in [-0.15, -0.1) is 0 Å². The van der Waals surface area contributed by atoms with Crippen molar-refractivity contribution >= 4 is 23.2 Å². The molecule has 0 aromatic heterocycles. The van der Waals surface area contributed by atoms with Crippen LogP contribution in [0.1, 0.15) is 25.8 Å². The molecule has 0 unspecified atom stereocenters. The maximum atomic E-state index is 11.6. The van der Waals surface area contributed by atoms with Crippen molar-refractivity contribution in [1.82, 2.24) is 5.32 Å². The van der Waals surface area contributed by atoms with E-state index in [2.05, 4.69) is 24.5 Å². The summed E-state index contributed by atoms with van der Waals surface area (Å²) in [6.45, 7) is 6.74. The molecule has 0 aliphatic carbocycles. The zero-order chi connectivity index (χ0) is 12.8. The fourth-order valence-corrected chi connectivity index (χ4v) is 1.69. The van der Waals surface area contributed by atoms with E-state index in [1.165, 1.54) is 0 Å². The second-order valence-electron chi connectivity index (χ2n) is 4.39. The van der Waals surface area contributed by atoms with Gasteiger partial charge in [-0.3, -0.25) is 4.79 Å². The Hall–Kier alpha value is -1.06. The molecule has 0 spiro atoms. The normalized spacial score (nSPS) is 10.6. The zero-order valence-corrected chi connectivity index (χ0v) is 11.3. The molecule has 3 nitrogen and oxygen atoms in total. The fourth-order valence-electron chi connectivity index (χ4n) is 1.41. The highest BCUT2D eigenvalue weighted by Gasteiger charge is 2.05. The Morgan fingerprint density at radius 1 is 1.41 bits per heavy atom. The van der Waals surface area contributed by atoms with Crippen LogP contribution in [0.4, 0.5) is 5.69 Å². The molecule has 1 aromatic rings. The third-order valence-corrected chi connectivity index (χ3v) is 2.62. The number of rotatable bonds is 5. The number of amides is 1. The highest BCUT2D eigenvalue weighted by atomic mass is 35.5. The van der Waals surface area contributed by atoms with Crippen molar-refractivity contribution in [2.45, 2.75) is 33.2 Å². The summed E-state index contributed by atoms with van der Waals surface area (Å²) in [6.07, 6.45) is 0.447. The summed E-state index contributed by atoms with van der Waals surface area (Å²) < 4.78 is 0. The average Bonchev–Trinajstić information content (AvgIpc) is 2.21.